The number of benzene rings is 1. The van der Waals surface area contributed by atoms with Crippen molar-refractivity contribution in [2.45, 2.75) is 25.9 Å². The van der Waals surface area contributed by atoms with Crippen molar-refractivity contribution in [2.75, 3.05) is 11.1 Å². The Morgan fingerprint density at radius 2 is 1.87 bits per heavy atom. The molecule has 2 aromatic heterocycles. The summed E-state index contributed by atoms with van der Waals surface area (Å²) in [6.45, 7) is 6.01. The molecule has 0 unspecified atom stereocenters. The smallest absolute Gasteiger partial charge is 0.225 e. The van der Waals surface area contributed by atoms with Gasteiger partial charge in [0.1, 0.15) is 11.6 Å². The molecule has 0 fully saturated rings. The van der Waals surface area contributed by atoms with Gasteiger partial charge in [-0.25, -0.2) is 15.1 Å². The van der Waals surface area contributed by atoms with Gasteiger partial charge in [0.2, 0.25) is 11.1 Å². The first-order chi connectivity index (χ1) is 11.1. The Morgan fingerprint density at radius 3 is 2.61 bits per heavy atom. The SMILES string of the molecule is CCSc1n[nH]c(Nc2cc(-c3ccc(C)cc3)nc(C)n2)n1. The molecule has 3 rings (SSSR count). The van der Waals surface area contributed by atoms with Gasteiger partial charge in [-0.1, -0.05) is 48.5 Å². The average Bonchev–Trinajstić information content (AvgIpc) is 2.95. The molecule has 0 saturated heterocycles. The lowest BCUT2D eigenvalue weighted by molar-refractivity contribution is 0.974. The van der Waals surface area contributed by atoms with E-state index >= 15 is 0 Å². The van der Waals surface area contributed by atoms with Gasteiger partial charge in [0.05, 0.1) is 5.69 Å². The molecule has 0 saturated carbocycles. The summed E-state index contributed by atoms with van der Waals surface area (Å²) in [7, 11) is 0. The number of aromatic nitrogens is 5. The van der Waals surface area contributed by atoms with Crippen LogP contribution >= 0.6 is 11.8 Å². The van der Waals surface area contributed by atoms with Crippen LogP contribution < -0.4 is 5.32 Å². The molecule has 0 aliphatic heterocycles. The van der Waals surface area contributed by atoms with Crippen LogP contribution in [0.5, 0.6) is 0 Å². The second kappa shape index (κ2) is 6.78. The number of anilines is 2. The van der Waals surface area contributed by atoms with E-state index in [2.05, 4.69) is 68.6 Å². The van der Waals surface area contributed by atoms with Gasteiger partial charge in [-0.3, -0.25) is 0 Å². The van der Waals surface area contributed by atoms with Crippen LogP contribution in [0.15, 0.2) is 35.5 Å². The summed E-state index contributed by atoms with van der Waals surface area (Å²) in [5.74, 6) is 2.90. The zero-order valence-electron chi connectivity index (χ0n) is 13.3. The Hall–Kier alpha value is -2.41. The maximum Gasteiger partial charge on any atom is 0.225 e. The summed E-state index contributed by atoms with van der Waals surface area (Å²) in [6, 6.07) is 10.2. The molecule has 0 spiro atoms. The Morgan fingerprint density at radius 1 is 1.09 bits per heavy atom. The molecule has 0 aliphatic carbocycles. The summed E-state index contributed by atoms with van der Waals surface area (Å²) in [5, 5.41) is 10.9. The van der Waals surface area contributed by atoms with Crippen molar-refractivity contribution in [3.63, 3.8) is 0 Å². The van der Waals surface area contributed by atoms with E-state index in [1.165, 1.54) is 5.56 Å². The van der Waals surface area contributed by atoms with Crippen LogP contribution in [-0.4, -0.2) is 30.9 Å². The number of rotatable bonds is 5. The summed E-state index contributed by atoms with van der Waals surface area (Å²) in [4.78, 5) is 13.3. The highest BCUT2D eigenvalue weighted by Gasteiger charge is 2.07. The fourth-order valence-electron chi connectivity index (χ4n) is 2.12. The van der Waals surface area contributed by atoms with Crippen LogP contribution in [-0.2, 0) is 0 Å². The van der Waals surface area contributed by atoms with Gasteiger partial charge in [-0.05, 0) is 19.6 Å². The highest BCUT2D eigenvalue weighted by atomic mass is 32.2. The molecule has 3 aromatic rings. The minimum absolute atomic E-state index is 0.578. The number of nitrogens with one attached hydrogen (secondary N) is 2. The van der Waals surface area contributed by atoms with Gasteiger partial charge in [0, 0.05) is 11.6 Å². The Kier molecular flexibility index (Phi) is 4.57. The molecule has 2 heterocycles. The van der Waals surface area contributed by atoms with E-state index < -0.39 is 0 Å². The minimum Gasteiger partial charge on any atom is -0.309 e. The average molecular weight is 326 g/mol. The molecule has 0 radical (unpaired) electrons. The Balaban J connectivity index is 1.86. The third-order valence-electron chi connectivity index (χ3n) is 3.17. The van der Waals surface area contributed by atoms with E-state index in [0.29, 0.717) is 17.6 Å². The fourth-order valence-corrected chi connectivity index (χ4v) is 2.65. The standard InChI is InChI=1S/C16H18N6S/c1-4-23-16-20-15(21-22-16)19-14-9-13(17-11(3)18-14)12-7-5-10(2)6-8-12/h5-9H,4H2,1-3H3,(H2,17,18,19,20,21,22). The van der Waals surface area contributed by atoms with Gasteiger partial charge in [0.15, 0.2) is 0 Å². The van der Waals surface area contributed by atoms with Crippen LogP contribution in [0, 0.1) is 13.8 Å². The number of aromatic amines is 1. The van der Waals surface area contributed by atoms with Gasteiger partial charge < -0.3 is 5.32 Å². The molecule has 0 bridgehead atoms. The predicted octanol–water partition coefficient (Wildman–Crippen LogP) is 3.73. The van der Waals surface area contributed by atoms with E-state index in [1.807, 2.05) is 13.0 Å². The van der Waals surface area contributed by atoms with Crippen LogP contribution in [0.3, 0.4) is 0 Å². The van der Waals surface area contributed by atoms with E-state index in [-0.39, 0.29) is 0 Å². The highest BCUT2D eigenvalue weighted by Crippen LogP contribution is 2.22. The number of thioether (sulfide) groups is 1. The lowest BCUT2D eigenvalue weighted by Crippen LogP contribution is -2.00. The van der Waals surface area contributed by atoms with Crippen LogP contribution in [0.1, 0.15) is 18.3 Å². The number of H-pyrrole nitrogens is 1. The van der Waals surface area contributed by atoms with Crippen LogP contribution in [0.25, 0.3) is 11.3 Å². The molecular weight excluding hydrogens is 308 g/mol. The minimum atomic E-state index is 0.578. The fraction of sp³-hybridized carbons (Fsp3) is 0.250. The van der Waals surface area contributed by atoms with Crippen molar-refractivity contribution in [1.29, 1.82) is 0 Å². The third-order valence-corrected chi connectivity index (χ3v) is 3.90. The van der Waals surface area contributed by atoms with Gasteiger partial charge in [-0.15, -0.1) is 5.10 Å². The van der Waals surface area contributed by atoms with Gasteiger partial charge in [-0.2, -0.15) is 4.98 Å². The van der Waals surface area contributed by atoms with Gasteiger partial charge in [0.25, 0.3) is 0 Å². The van der Waals surface area contributed by atoms with E-state index in [4.69, 9.17) is 0 Å². The second-order valence-electron chi connectivity index (χ2n) is 5.08. The third kappa shape index (κ3) is 3.87. The first-order valence-corrected chi connectivity index (χ1v) is 8.37. The van der Waals surface area contributed by atoms with Crippen molar-refractivity contribution in [3.05, 3.63) is 41.7 Å². The molecule has 1 aromatic carbocycles. The molecule has 0 atom stereocenters. The zero-order chi connectivity index (χ0) is 16.2. The second-order valence-corrected chi connectivity index (χ2v) is 6.31. The van der Waals surface area contributed by atoms with Crippen molar-refractivity contribution in [1.82, 2.24) is 25.1 Å². The van der Waals surface area contributed by atoms with Crippen molar-refractivity contribution in [3.8, 4) is 11.3 Å². The normalized spacial score (nSPS) is 10.7. The van der Waals surface area contributed by atoms with Gasteiger partial charge >= 0.3 is 0 Å². The Labute approximate surface area is 139 Å². The largest absolute Gasteiger partial charge is 0.309 e. The molecule has 118 valence electrons. The topological polar surface area (TPSA) is 79.4 Å². The van der Waals surface area contributed by atoms with E-state index in [0.717, 1.165) is 22.2 Å². The number of hydrogen-bond donors (Lipinski definition) is 2. The van der Waals surface area contributed by atoms with E-state index in [9.17, 15) is 0 Å². The van der Waals surface area contributed by atoms with Crippen molar-refractivity contribution in [2.24, 2.45) is 0 Å². The highest BCUT2D eigenvalue weighted by molar-refractivity contribution is 7.99. The summed E-state index contributed by atoms with van der Waals surface area (Å²) in [5.41, 5.74) is 3.16. The molecule has 2 N–H and O–H groups in total. The molecule has 0 amide bonds. The Bertz CT molecular complexity index is 797. The molecule has 6 nitrogen and oxygen atoms in total. The monoisotopic (exact) mass is 326 g/mol. The first-order valence-electron chi connectivity index (χ1n) is 7.39. The summed E-state index contributed by atoms with van der Waals surface area (Å²) in [6.07, 6.45) is 0. The molecule has 0 aliphatic rings. The van der Waals surface area contributed by atoms with E-state index in [1.54, 1.807) is 11.8 Å². The van der Waals surface area contributed by atoms with Crippen molar-refractivity contribution >= 4 is 23.5 Å². The predicted molar refractivity (Wildman–Crippen MR) is 93.0 cm³/mol. The maximum atomic E-state index is 4.51. The number of nitrogens with zero attached hydrogens (tertiary/aromatic N) is 4. The van der Waals surface area contributed by atoms with Crippen LogP contribution in [0.4, 0.5) is 11.8 Å². The first kappa shape index (κ1) is 15.5. The lowest BCUT2D eigenvalue weighted by Gasteiger charge is -2.07. The summed E-state index contributed by atoms with van der Waals surface area (Å²) < 4.78 is 0. The molecular formula is C16H18N6S. The molecule has 7 heteroatoms. The van der Waals surface area contributed by atoms with Crippen LogP contribution in [0.2, 0.25) is 0 Å². The summed E-state index contributed by atoms with van der Waals surface area (Å²) >= 11 is 1.58. The van der Waals surface area contributed by atoms with Crippen molar-refractivity contribution < 1.29 is 0 Å². The number of hydrogen-bond acceptors (Lipinski definition) is 6. The number of aryl methyl sites for hydroxylation is 2. The lowest BCUT2D eigenvalue weighted by atomic mass is 10.1. The quantitative estimate of drug-likeness (QED) is 0.695. The molecule has 23 heavy (non-hydrogen) atoms. The zero-order valence-corrected chi connectivity index (χ0v) is 14.1. The maximum absolute atomic E-state index is 4.51.